The molecule has 2 aliphatic heterocycles. The number of benzene rings is 1. The van der Waals surface area contributed by atoms with E-state index in [4.69, 9.17) is 4.74 Å². The first kappa shape index (κ1) is 19.0. The summed E-state index contributed by atoms with van der Waals surface area (Å²) in [6, 6.07) is 2.88. The van der Waals surface area contributed by atoms with Gasteiger partial charge in [-0.1, -0.05) is 0 Å². The first-order valence-corrected chi connectivity index (χ1v) is 8.95. The second kappa shape index (κ2) is 7.59. The van der Waals surface area contributed by atoms with Crippen LogP contribution in [0.2, 0.25) is 0 Å². The minimum atomic E-state index is -1.13. The van der Waals surface area contributed by atoms with Gasteiger partial charge in [0.05, 0.1) is 24.7 Å². The molecule has 1 atom stereocenters. The zero-order valence-electron chi connectivity index (χ0n) is 15.1. The molecule has 0 saturated carbocycles. The molecule has 4 rings (SSSR count). The summed E-state index contributed by atoms with van der Waals surface area (Å²) in [5.41, 5.74) is -0.528. The molecular weight excluding hydrogens is 388 g/mol. The fraction of sp³-hybridized carbons (Fsp3) is 0.333. The number of hydrogen-bond acceptors (Lipinski definition) is 6. The van der Waals surface area contributed by atoms with Gasteiger partial charge in [-0.15, -0.1) is 0 Å². The van der Waals surface area contributed by atoms with E-state index >= 15 is 0 Å². The Balaban J connectivity index is 1.64. The average Bonchev–Trinajstić information content (AvgIpc) is 2.70. The Hall–Kier alpha value is -3.34. The zero-order valence-corrected chi connectivity index (χ0v) is 15.1. The summed E-state index contributed by atoms with van der Waals surface area (Å²) in [6.45, 7) is 2.00. The number of nitrogens with one attached hydrogen (secondary N) is 3. The van der Waals surface area contributed by atoms with Gasteiger partial charge >= 0.3 is 0 Å². The van der Waals surface area contributed by atoms with Crippen LogP contribution in [-0.2, 0) is 14.3 Å². The van der Waals surface area contributed by atoms with E-state index in [0.29, 0.717) is 26.3 Å². The maximum Gasteiger partial charge on any atom is 0.258 e. The van der Waals surface area contributed by atoms with Crippen LogP contribution < -0.4 is 21.1 Å². The highest BCUT2D eigenvalue weighted by Gasteiger charge is 2.35. The maximum absolute atomic E-state index is 13.4. The van der Waals surface area contributed by atoms with Gasteiger partial charge in [-0.2, -0.15) is 4.98 Å². The lowest BCUT2D eigenvalue weighted by atomic mass is 9.92. The van der Waals surface area contributed by atoms with Crippen molar-refractivity contribution < 1.29 is 23.1 Å². The number of amides is 2. The van der Waals surface area contributed by atoms with E-state index in [-0.39, 0.29) is 29.4 Å². The molecule has 0 bridgehead atoms. The number of hydrogen-bond donors (Lipinski definition) is 3. The zero-order chi connectivity index (χ0) is 20.5. The smallest absolute Gasteiger partial charge is 0.258 e. The predicted octanol–water partition coefficient (Wildman–Crippen LogP) is 0.949. The van der Waals surface area contributed by atoms with Crippen LogP contribution >= 0.6 is 0 Å². The molecule has 3 N–H and O–H groups in total. The number of halogens is 2. The van der Waals surface area contributed by atoms with E-state index in [1.807, 2.05) is 4.90 Å². The summed E-state index contributed by atoms with van der Waals surface area (Å²) in [5, 5.41) is 4.94. The number of ether oxygens (including phenoxy) is 1. The third-order valence-corrected chi connectivity index (χ3v) is 4.75. The van der Waals surface area contributed by atoms with Gasteiger partial charge in [-0.25, -0.2) is 8.78 Å². The van der Waals surface area contributed by atoms with Gasteiger partial charge in [-0.05, 0) is 12.1 Å². The van der Waals surface area contributed by atoms with E-state index in [0.717, 1.165) is 12.1 Å². The van der Waals surface area contributed by atoms with Crippen LogP contribution in [0.4, 0.5) is 26.2 Å². The van der Waals surface area contributed by atoms with Gasteiger partial charge in [0.15, 0.2) is 11.6 Å². The molecule has 0 radical (unpaired) electrons. The molecule has 152 valence electrons. The van der Waals surface area contributed by atoms with Gasteiger partial charge in [-0.3, -0.25) is 19.4 Å². The Bertz CT molecular complexity index is 1040. The molecule has 9 nitrogen and oxygen atoms in total. The highest BCUT2D eigenvalue weighted by Crippen LogP contribution is 2.30. The molecule has 29 heavy (non-hydrogen) atoms. The lowest BCUT2D eigenvalue weighted by Gasteiger charge is -2.29. The van der Waals surface area contributed by atoms with Crippen molar-refractivity contribution in [2.24, 2.45) is 0 Å². The first-order chi connectivity index (χ1) is 13.9. The van der Waals surface area contributed by atoms with Crippen molar-refractivity contribution >= 4 is 29.3 Å². The van der Waals surface area contributed by atoms with Crippen molar-refractivity contribution in [1.82, 2.24) is 9.97 Å². The van der Waals surface area contributed by atoms with Crippen molar-refractivity contribution in [2.45, 2.75) is 12.3 Å². The molecule has 2 aliphatic rings. The predicted molar refractivity (Wildman–Crippen MR) is 98.9 cm³/mol. The molecule has 1 saturated heterocycles. The number of aromatic nitrogens is 2. The van der Waals surface area contributed by atoms with Crippen LogP contribution in [0.25, 0.3) is 0 Å². The molecule has 1 aromatic carbocycles. The Kier molecular flexibility index (Phi) is 4.97. The topological polar surface area (TPSA) is 116 Å². The molecular formula is C18H17F2N5O4. The Morgan fingerprint density at radius 2 is 1.97 bits per heavy atom. The lowest BCUT2D eigenvalue weighted by Crippen LogP contribution is -2.41. The molecule has 0 unspecified atom stereocenters. The minimum Gasteiger partial charge on any atom is -0.378 e. The molecule has 3 heterocycles. The standard InChI is InChI=1S/C18H17F2N5O4/c19-11-2-1-9(7-12(11)20)21-16(27)10-8-13(26)22-15-14(10)17(28)24-18(23-15)25-3-5-29-6-4-25/h1-2,7,10H,3-6,8H2,(H,21,27)(H2,22,23,24,26,28)/t10-/m1/s1. The molecule has 2 amide bonds. The van der Waals surface area contributed by atoms with Crippen LogP contribution in [0.1, 0.15) is 17.9 Å². The Morgan fingerprint density at radius 3 is 2.69 bits per heavy atom. The monoisotopic (exact) mass is 405 g/mol. The van der Waals surface area contributed by atoms with E-state index in [1.165, 1.54) is 6.07 Å². The van der Waals surface area contributed by atoms with Gasteiger partial charge in [0.25, 0.3) is 5.56 Å². The van der Waals surface area contributed by atoms with Crippen molar-refractivity contribution in [3.05, 3.63) is 45.8 Å². The fourth-order valence-electron chi connectivity index (χ4n) is 3.31. The molecule has 11 heteroatoms. The van der Waals surface area contributed by atoms with E-state index in [2.05, 4.69) is 20.6 Å². The SMILES string of the molecule is O=C1C[C@@H](C(=O)Nc2ccc(F)c(F)c2)c2c(nc(N3CCOCC3)[nH]c2=O)N1. The number of morpholine rings is 1. The average molecular weight is 405 g/mol. The van der Waals surface area contributed by atoms with Crippen LogP contribution in [0.15, 0.2) is 23.0 Å². The van der Waals surface area contributed by atoms with Gasteiger partial charge < -0.3 is 20.3 Å². The van der Waals surface area contributed by atoms with Gasteiger partial charge in [0.2, 0.25) is 17.8 Å². The van der Waals surface area contributed by atoms with Crippen molar-refractivity contribution in [3.63, 3.8) is 0 Å². The van der Waals surface area contributed by atoms with Crippen molar-refractivity contribution in [2.75, 3.05) is 41.8 Å². The summed E-state index contributed by atoms with van der Waals surface area (Å²) in [4.78, 5) is 46.3. The van der Waals surface area contributed by atoms with E-state index in [9.17, 15) is 23.2 Å². The van der Waals surface area contributed by atoms with Gasteiger partial charge in [0, 0.05) is 31.3 Å². The first-order valence-electron chi connectivity index (χ1n) is 8.95. The van der Waals surface area contributed by atoms with E-state index in [1.54, 1.807) is 0 Å². The number of fused-ring (bicyclic) bond motifs is 1. The normalized spacial score (nSPS) is 18.8. The Labute approximate surface area is 163 Å². The highest BCUT2D eigenvalue weighted by atomic mass is 19.2. The van der Waals surface area contributed by atoms with E-state index < -0.39 is 34.9 Å². The molecule has 1 fully saturated rings. The van der Waals surface area contributed by atoms with Gasteiger partial charge in [0.1, 0.15) is 5.82 Å². The minimum absolute atomic E-state index is 0.00996. The third-order valence-electron chi connectivity index (χ3n) is 4.75. The molecule has 0 spiro atoms. The highest BCUT2D eigenvalue weighted by molar-refractivity contribution is 6.04. The lowest BCUT2D eigenvalue weighted by molar-refractivity contribution is -0.123. The number of carbonyl (C=O) groups excluding carboxylic acids is 2. The third kappa shape index (κ3) is 3.81. The summed E-state index contributed by atoms with van der Waals surface area (Å²) < 4.78 is 31.7. The summed E-state index contributed by atoms with van der Waals surface area (Å²) in [7, 11) is 0. The number of H-pyrrole nitrogens is 1. The number of rotatable bonds is 3. The summed E-state index contributed by atoms with van der Waals surface area (Å²) in [6.07, 6.45) is -0.274. The second-order valence-electron chi connectivity index (χ2n) is 6.67. The molecule has 1 aromatic heterocycles. The number of nitrogens with zero attached hydrogens (tertiary/aromatic N) is 2. The van der Waals surface area contributed by atoms with Crippen LogP contribution in [0.3, 0.4) is 0 Å². The maximum atomic E-state index is 13.4. The van der Waals surface area contributed by atoms with Crippen LogP contribution in [-0.4, -0.2) is 48.1 Å². The van der Waals surface area contributed by atoms with Crippen LogP contribution in [0.5, 0.6) is 0 Å². The van der Waals surface area contributed by atoms with Crippen molar-refractivity contribution in [3.8, 4) is 0 Å². The number of anilines is 3. The largest absolute Gasteiger partial charge is 0.378 e. The fourth-order valence-corrected chi connectivity index (χ4v) is 3.31. The second-order valence-corrected chi connectivity index (χ2v) is 6.67. The summed E-state index contributed by atoms with van der Waals surface area (Å²) >= 11 is 0. The molecule has 2 aromatic rings. The quantitative estimate of drug-likeness (QED) is 0.700. The number of aromatic amines is 1. The number of carbonyl (C=O) groups is 2. The van der Waals surface area contributed by atoms with Crippen molar-refractivity contribution in [1.29, 1.82) is 0 Å². The van der Waals surface area contributed by atoms with Crippen LogP contribution in [0, 0.1) is 11.6 Å². The Morgan fingerprint density at radius 1 is 1.21 bits per heavy atom. The summed E-state index contributed by atoms with van der Waals surface area (Å²) in [5.74, 6) is -4.19. The molecule has 0 aliphatic carbocycles.